The van der Waals surface area contributed by atoms with E-state index in [1.54, 1.807) is 11.8 Å². The highest BCUT2D eigenvalue weighted by atomic mass is 32.2. The molecular formula is C45H27N3S2. The second kappa shape index (κ2) is 12.0. The molecule has 1 aliphatic heterocycles. The monoisotopic (exact) mass is 673 g/mol. The standard InChI is InChI=1S/C45H27N3S2/c1-2-10-28(11-3-1)29-18-20-30(21-19-29)43-46-44(48-45(47-43)32-23-25-41-42(27-32)50-40-17-9-8-16-39(40)49-41)31-22-24-37-35-14-5-4-12-33(35)34-13-6-7-15-36(34)38(37)26-31/h1-27H. The van der Waals surface area contributed by atoms with Gasteiger partial charge < -0.3 is 0 Å². The number of fused-ring (bicyclic) bond motifs is 8. The van der Waals surface area contributed by atoms with Crippen molar-refractivity contribution in [1.82, 2.24) is 15.0 Å². The zero-order valence-corrected chi connectivity index (χ0v) is 28.4. The van der Waals surface area contributed by atoms with E-state index in [-0.39, 0.29) is 0 Å². The molecule has 10 rings (SSSR count). The Kier molecular flexibility index (Phi) is 7.00. The van der Waals surface area contributed by atoms with Crippen LogP contribution in [0.2, 0.25) is 0 Å². The Morgan fingerprint density at radius 1 is 0.260 bits per heavy atom. The lowest BCUT2D eigenvalue weighted by molar-refractivity contribution is 1.07. The van der Waals surface area contributed by atoms with Gasteiger partial charge >= 0.3 is 0 Å². The van der Waals surface area contributed by atoms with Crippen molar-refractivity contribution in [2.75, 3.05) is 0 Å². The van der Waals surface area contributed by atoms with Crippen LogP contribution in [0, 0.1) is 0 Å². The van der Waals surface area contributed by atoms with E-state index in [0.29, 0.717) is 17.5 Å². The summed E-state index contributed by atoms with van der Waals surface area (Å²) in [5.41, 5.74) is 5.21. The fourth-order valence-electron chi connectivity index (χ4n) is 6.92. The van der Waals surface area contributed by atoms with Crippen molar-refractivity contribution in [1.29, 1.82) is 0 Å². The molecule has 2 heterocycles. The third kappa shape index (κ3) is 5.06. The molecule has 8 aromatic carbocycles. The molecule has 0 saturated heterocycles. The van der Waals surface area contributed by atoms with Gasteiger partial charge in [0.15, 0.2) is 17.5 Å². The first kappa shape index (κ1) is 29.2. The highest BCUT2D eigenvalue weighted by Crippen LogP contribution is 2.49. The molecule has 234 valence electrons. The van der Waals surface area contributed by atoms with E-state index >= 15 is 0 Å². The molecule has 0 unspecified atom stereocenters. The molecule has 0 fully saturated rings. The van der Waals surface area contributed by atoms with Crippen molar-refractivity contribution in [3.8, 4) is 45.3 Å². The zero-order valence-electron chi connectivity index (χ0n) is 26.7. The quantitative estimate of drug-likeness (QED) is 0.174. The van der Waals surface area contributed by atoms with Gasteiger partial charge in [-0.15, -0.1) is 0 Å². The fraction of sp³-hybridized carbons (Fsp3) is 0. The summed E-state index contributed by atoms with van der Waals surface area (Å²) in [7, 11) is 0. The van der Waals surface area contributed by atoms with Crippen LogP contribution in [0.4, 0.5) is 0 Å². The van der Waals surface area contributed by atoms with Crippen molar-refractivity contribution >= 4 is 55.8 Å². The van der Waals surface area contributed by atoms with Crippen molar-refractivity contribution in [3.05, 3.63) is 164 Å². The lowest BCUT2D eigenvalue weighted by atomic mass is 9.93. The number of hydrogen-bond acceptors (Lipinski definition) is 5. The maximum atomic E-state index is 5.17. The minimum absolute atomic E-state index is 0.651. The minimum Gasteiger partial charge on any atom is -0.208 e. The lowest BCUT2D eigenvalue weighted by Crippen LogP contribution is -2.01. The van der Waals surface area contributed by atoms with Crippen LogP contribution in [0.1, 0.15) is 0 Å². The Morgan fingerprint density at radius 2 is 0.660 bits per heavy atom. The summed E-state index contributed by atoms with van der Waals surface area (Å²) in [6.45, 7) is 0. The van der Waals surface area contributed by atoms with Crippen LogP contribution in [0.3, 0.4) is 0 Å². The molecule has 50 heavy (non-hydrogen) atoms. The predicted octanol–water partition coefficient (Wildman–Crippen LogP) is 12.6. The van der Waals surface area contributed by atoms with Crippen LogP contribution >= 0.6 is 23.5 Å². The Bertz CT molecular complexity index is 2720. The number of benzene rings is 8. The summed E-state index contributed by atoms with van der Waals surface area (Å²) in [6.07, 6.45) is 0. The van der Waals surface area contributed by atoms with Crippen molar-refractivity contribution in [2.45, 2.75) is 19.6 Å². The molecule has 5 heteroatoms. The Hall–Kier alpha value is -5.75. The van der Waals surface area contributed by atoms with Gasteiger partial charge in [-0.05, 0) is 79.8 Å². The van der Waals surface area contributed by atoms with Crippen LogP contribution in [0.5, 0.6) is 0 Å². The number of nitrogens with zero attached hydrogens (tertiary/aromatic N) is 3. The molecule has 1 aliphatic rings. The Balaban J connectivity index is 1.14. The van der Waals surface area contributed by atoms with Gasteiger partial charge in [-0.3, -0.25) is 0 Å². The van der Waals surface area contributed by atoms with E-state index in [9.17, 15) is 0 Å². The van der Waals surface area contributed by atoms with Crippen molar-refractivity contribution in [3.63, 3.8) is 0 Å². The molecule has 0 amide bonds. The van der Waals surface area contributed by atoms with Crippen LogP contribution in [-0.4, -0.2) is 15.0 Å². The van der Waals surface area contributed by atoms with Gasteiger partial charge in [0.25, 0.3) is 0 Å². The fourth-order valence-corrected chi connectivity index (χ4v) is 9.17. The van der Waals surface area contributed by atoms with Gasteiger partial charge in [-0.25, -0.2) is 15.0 Å². The summed E-state index contributed by atoms with van der Waals surface area (Å²) >= 11 is 3.62. The SMILES string of the molecule is c1ccc(-c2ccc(-c3nc(-c4ccc5c(c4)Sc4ccccc4S5)nc(-c4ccc5c6ccccc6c6ccccc6c5c4)n3)cc2)cc1. The van der Waals surface area contributed by atoms with E-state index in [1.807, 2.05) is 17.8 Å². The smallest absolute Gasteiger partial charge is 0.164 e. The number of rotatable bonds is 4. The molecule has 1 aromatic heterocycles. The van der Waals surface area contributed by atoms with Crippen molar-refractivity contribution < 1.29 is 0 Å². The van der Waals surface area contributed by atoms with Gasteiger partial charge in [0.05, 0.1) is 0 Å². The molecule has 0 atom stereocenters. The maximum Gasteiger partial charge on any atom is 0.164 e. The second-order valence-electron chi connectivity index (χ2n) is 12.4. The van der Waals surface area contributed by atoms with E-state index in [0.717, 1.165) is 22.3 Å². The summed E-state index contributed by atoms with van der Waals surface area (Å²) in [4.78, 5) is 20.4. The summed E-state index contributed by atoms with van der Waals surface area (Å²) < 4.78 is 0. The van der Waals surface area contributed by atoms with E-state index in [4.69, 9.17) is 15.0 Å². The minimum atomic E-state index is 0.651. The largest absolute Gasteiger partial charge is 0.208 e. The molecule has 0 saturated carbocycles. The molecule has 0 aliphatic carbocycles. The molecule has 0 N–H and O–H groups in total. The van der Waals surface area contributed by atoms with Gasteiger partial charge in [0.2, 0.25) is 0 Å². The van der Waals surface area contributed by atoms with Crippen LogP contribution in [0.25, 0.3) is 77.6 Å². The first-order valence-electron chi connectivity index (χ1n) is 16.6. The Morgan fingerprint density at radius 3 is 1.30 bits per heavy atom. The van der Waals surface area contributed by atoms with Crippen LogP contribution < -0.4 is 0 Å². The zero-order chi connectivity index (χ0) is 33.0. The van der Waals surface area contributed by atoms with E-state index < -0.39 is 0 Å². The molecule has 3 nitrogen and oxygen atoms in total. The van der Waals surface area contributed by atoms with E-state index in [2.05, 4.69) is 158 Å². The Labute approximate surface area is 298 Å². The van der Waals surface area contributed by atoms with Gasteiger partial charge in [-0.1, -0.05) is 151 Å². The number of aromatic nitrogens is 3. The molecule has 9 aromatic rings. The third-order valence-electron chi connectivity index (χ3n) is 9.38. The van der Waals surface area contributed by atoms with Crippen molar-refractivity contribution in [2.24, 2.45) is 0 Å². The van der Waals surface area contributed by atoms with Gasteiger partial charge in [0, 0.05) is 36.3 Å². The topological polar surface area (TPSA) is 38.7 Å². The van der Waals surface area contributed by atoms with Crippen LogP contribution in [0.15, 0.2) is 183 Å². The second-order valence-corrected chi connectivity index (χ2v) is 14.6. The summed E-state index contributed by atoms with van der Waals surface area (Å²) in [5.74, 6) is 1.97. The molecular weight excluding hydrogens is 647 g/mol. The molecule has 0 radical (unpaired) electrons. The average molecular weight is 674 g/mol. The third-order valence-corrected chi connectivity index (χ3v) is 11.9. The van der Waals surface area contributed by atoms with Crippen LogP contribution in [-0.2, 0) is 0 Å². The predicted molar refractivity (Wildman–Crippen MR) is 209 cm³/mol. The first-order chi connectivity index (χ1) is 24.7. The van der Waals surface area contributed by atoms with E-state index in [1.165, 1.54) is 57.5 Å². The summed E-state index contributed by atoms with van der Waals surface area (Å²) in [5, 5.41) is 7.38. The lowest BCUT2D eigenvalue weighted by Gasteiger charge is -2.18. The first-order valence-corrected chi connectivity index (χ1v) is 18.2. The normalized spacial score (nSPS) is 12.2. The highest BCUT2D eigenvalue weighted by Gasteiger charge is 2.20. The average Bonchev–Trinajstić information content (AvgIpc) is 3.20. The molecule has 0 bridgehead atoms. The molecule has 0 spiro atoms. The maximum absolute atomic E-state index is 5.17. The summed E-state index contributed by atoms with van der Waals surface area (Å²) in [6, 6.07) is 58.1. The number of hydrogen-bond donors (Lipinski definition) is 0. The van der Waals surface area contributed by atoms with Gasteiger partial charge in [-0.2, -0.15) is 0 Å². The van der Waals surface area contributed by atoms with Gasteiger partial charge in [0.1, 0.15) is 0 Å². The highest BCUT2D eigenvalue weighted by molar-refractivity contribution is 8.05.